The summed E-state index contributed by atoms with van der Waals surface area (Å²) in [7, 11) is 2.06. The Hall–Kier alpha value is -1.78. The van der Waals surface area contributed by atoms with Crippen LogP contribution < -0.4 is 0 Å². The van der Waals surface area contributed by atoms with E-state index < -0.39 is 5.60 Å². The summed E-state index contributed by atoms with van der Waals surface area (Å²) < 4.78 is 5.42. The Morgan fingerprint density at radius 3 is 2.52 bits per heavy atom. The van der Waals surface area contributed by atoms with Gasteiger partial charge in [0.05, 0.1) is 0 Å². The zero-order chi connectivity index (χ0) is 17.0. The minimum Gasteiger partial charge on any atom is -0.444 e. The van der Waals surface area contributed by atoms with Crippen molar-refractivity contribution in [2.45, 2.75) is 51.7 Å². The first-order chi connectivity index (χ1) is 10.8. The van der Waals surface area contributed by atoms with E-state index in [1.807, 2.05) is 33.0 Å². The number of nitrogens with zero attached hydrogens (tertiary/aromatic N) is 2. The molecule has 0 spiro atoms. The Bertz CT molecular complexity index is 501. The molecule has 23 heavy (non-hydrogen) atoms. The fourth-order valence-corrected chi connectivity index (χ4v) is 2.74. The summed E-state index contributed by atoms with van der Waals surface area (Å²) in [6.45, 7) is 6.88. The van der Waals surface area contributed by atoms with Gasteiger partial charge in [-0.25, -0.2) is 4.79 Å². The molecule has 1 atom stereocenters. The average Bonchev–Trinajstić information content (AvgIpc) is 3.18. The van der Waals surface area contributed by atoms with Gasteiger partial charge in [-0.3, -0.25) is 4.79 Å². The molecule has 0 radical (unpaired) electrons. The molecule has 0 aromatic carbocycles. The quantitative estimate of drug-likeness (QED) is 0.444. The lowest BCUT2D eigenvalue weighted by Gasteiger charge is -2.24. The zero-order valence-corrected chi connectivity index (χ0v) is 14.6. The minimum absolute atomic E-state index is 0.191. The van der Waals surface area contributed by atoms with Gasteiger partial charge in [-0.2, -0.15) is 0 Å². The lowest BCUT2D eigenvalue weighted by atomic mass is 9.98. The van der Waals surface area contributed by atoms with Crippen molar-refractivity contribution in [1.82, 2.24) is 9.80 Å². The molecule has 1 amide bonds. The molecular weight excluding hydrogens is 292 g/mol. The Morgan fingerprint density at radius 1 is 1.26 bits per heavy atom. The van der Waals surface area contributed by atoms with Crippen LogP contribution in [-0.2, 0) is 9.53 Å². The number of aldehydes is 1. The molecule has 5 nitrogen and oxygen atoms in total. The third-order valence-corrected chi connectivity index (χ3v) is 4.20. The van der Waals surface area contributed by atoms with Crippen molar-refractivity contribution in [3.05, 3.63) is 23.9 Å². The summed E-state index contributed by atoms with van der Waals surface area (Å²) in [6, 6.07) is 0.644. The Labute approximate surface area is 139 Å². The molecule has 1 unspecified atom stereocenters. The molecule has 1 saturated carbocycles. The highest BCUT2D eigenvalue weighted by Crippen LogP contribution is 2.28. The van der Waals surface area contributed by atoms with Crippen LogP contribution in [0.4, 0.5) is 4.79 Å². The van der Waals surface area contributed by atoms with Gasteiger partial charge in [-0.1, -0.05) is 0 Å². The number of carbonyl (C=O) groups is 2. The first-order valence-electron chi connectivity index (χ1n) is 8.33. The molecule has 2 fully saturated rings. The molecule has 128 valence electrons. The van der Waals surface area contributed by atoms with Crippen molar-refractivity contribution >= 4 is 12.4 Å². The lowest BCUT2D eigenvalue weighted by molar-refractivity contribution is -0.104. The van der Waals surface area contributed by atoms with Gasteiger partial charge < -0.3 is 14.5 Å². The van der Waals surface area contributed by atoms with Crippen LogP contribution in [0.25, 0.3) is 0 Å². The Kier molecular flexibility index (Phi) is 5.50. The average molecular weight is 320 g/mol. The molecule has 1 aliphatic heterocycles. The normalized spacial score (nSPS) is 22.5. The second-order valence-electron chi connectivity index (χ2n) is 7.43. The van der Waals surface area contributed by atoms with E-state index in [0.717, 1.165) is 18.3 Å². The van der Waals surface area contributed by atoms with Crippen LogP contribution in [-0.4, -0.2) is 54.0 Å². The second-order valence-corrected chi connectivity index (χ2v) is 7.43. The number of allylic oxidation sites excluding steroid dienone is 2. The summed E-state index contributed by atoms with van der Waals surface area (Å²) in [5.41, 5.74) is 0.502. The minimum atomic E-state index is -0.483. The van der Waals surface area contributed by atoms with E-state index >= 15 is 0 Å². The van der Waals surface area contributed by atoms with Crippen LogP contribution in [0.5, 0.6) is 0 Å². The largest absolute Gasteiger partial charge is 0.444 e. The molecular formula is C18H28N2O3. The number of likely N-dealkylation sites (tertiary alicyclic amines) is 1. The maximum Gasteiger partial charge on any atom is 0.410 e. The molecule has 0 aromatic rings. The molecule has 1 heterocycles. The summed E-state index contributed by atoms with van der Waals surface area (Å²) in [5.74, 6) is 0.191. The van der Waals surface area contributed by atoms with Gasteiger partial charge in [0.1, 0.15) is 11.9 Å². The van der Waals surface area contributed by atoms with Crippen LogP contribution in [0.15, 0.2) is 23.9 Å². The van der Waals surface area contributed by atoms with Crippen molar-refractivity contribution in [3.8, 4) is 0 Å². The van der Waals surface area contributed by atoms with E-state index in [2.05, 4.69) is 11.9 Å². The highest BCUT2D eigenvalue weighted by molar-refractivity contribution is 5.69. The van der Waals surface area contributed by atoms with E-state index in [0.29, 0.717) is 19.1 Å². The topological polar surface area (TPSA) is 49.9 Å². The predicted molar refractivity (Wildman–Crippen MR) is 90.0 cm³/mol. The highest BCUT2D eigenvalue weighted by atomic mass is 16.6. The number of hydrogen-bond donors (Lipinski definition) is 0. The van der Waals surface area contributed by atoms with Crippen molar-refractivity contribution < 1.29 is 14.3 Å². The predicted octanol–water partition coefficient (Wildman–Crippen LogP) is 2.98. The molecule has 1 aliphatic carbocycles. The van der Waals surface area contributed by atoms with Crippen LogP contribution in [0.3, 0.4) is 0 Å². The maximum atomic E-state index is 12.1. The van der Waals surface area contributed by atoms with E-state index in [1.165, 1.54) is 12.8 Å². The molecule has 0 aromatic heterocycles. The van der Waals surface area contributed by atoms with Gasteiger partial charge in [0.25, 0.3) is 0 Å². The molecule has 5 heteroatoms. The number of amides is 1. The van der Waals surface area contributed by atoms with Crippen LogP contribution >= 0.6 is 0 Å². The van der Waals surface area contributed by atoms with Gasteiger partial charge in [0.15, 0.2) is 0 Å². The molecule has 0 bridgehead atoms. The third kappa shape index (κ3) is 5.41. The maximum absolute atomic E-state index is 12.1. The summed E-state index contributed by atoms with van der Waals surface area (Å²) in [6.07, 6.45) is 9.56. The van der Waals surface area contributed by atoms with E-state index in [4.69, 9.17) is 4.74 Å². The number of rotatable bonds is 5. The van der Waals surface area contributed by atoms with E-state index in [9.17, 15) is 9.59 Å². The standard InChI is InChI=1S/C18H28N2O3/c1-18(2,3)23-17(22)20-11-8-15(13-20)14(9-12-21)7-10-19(4)16-5-6-16/h7,9-10,12,15-16H,5-6,8,11,13H2,1-4H3/b10-7-,14-9+. The van der Waals surface area contributed by atoms with Crippen molar-refractivity contribution in [3.63, 3.8) is 0 Å². The molecule has 0 N–H and O–H groups in total. The van der Waals surface area contributed by atoms with Gasteiger partial charge >= 0.3 is 6.09 Å². The third-order valence-electron chi connectivity index (χ3n) is 4.20. The van der Waals surface area contributed by atoms with Gasteiger partial charge in [0, 0.05) is 32.1 Å². The highest BCUT2D eigenvalue weighted by Gasteiger charge is 2.31. The van der Waals surface area contributed by atoms with Crippen molar-refractivity contribution in [1.29, 1.82) is 0 Å². The van der Waals surface area contributed by atoms with Crippen molar-refractivity contribution in [2.24, 2.45) is 5.92 Å². The first-order valence-corrected chi connectivity index (χ1v) is 8.33. The molecule has 1 saturated heterocycles. The van der Waals surface area contributed by atoms with Crippen LogP contribution in [0.2, 0.25) is 0 Å². The molecule has 2 aliphatic rings. The monoisotopic (exact) mass is 320 g/mol. The van der Waals surface area contributed by atoms with Crippen molar-refractivity contribution in [2.75, 3.05) is 20.1 Å². The van der Waals surface area contributed by atoms with Crippen LogP contribution in [0, 0.1) is 5.92 Å². The Morgan fingerprint density at radius 2 is 1.96 bits per heavy atom. The number of ether oxygens (including phenoxy) is 1. The zero-order valence-electron chi connectivity index (χ0n) is 14.6. The molecule has 2 rings (SSSR count). The van der Waals surface area contributed by atoms with Gasteiger partial charge in [0.2, 0.25) is 0 Å². The second kappa shape index (κ2) is 7.20. The van der Waals surface area contributed by atoms with Crippen LogP contribution in [0.1, 0.15) is 40.0 Å². The van der Waals surface area contributed by atoms with E-state index in [-0.39, 0.29) is 12.0 Å². The smallest absolute Gasteiger partial charge is 0.410 e. The number of hydrogen-bond acceptors (Lipinski definition) is 4. The summed E-state index contributed by atoms with van der Waals surface area (Å²) in [5, 5.41) is 0. The Balaban J connectivity index is 1.95. The SMILES string of the molecule is CN(/C=C\C(=C/C=O)C1CCN(C(=O)OC(C)(C)C)C1)C1CC1. The lowest BCUT2D eigenvalue weighted by Crippen LogP contribution is -2.35. The summed E-state index contributed by atoms with van der Waals surface area (Å²) in [4.78, 5) is 27.0. The fourth-order valence-electron chi connectivity index (χ4n) is 2.74. The fraction of sp³-hybridized carbons (Fsp3) is 0.667. The van der Waals surface area contributed by atoms with E-state index in [1.54, 1.807) is 11.0 Å². The first kappa shape index (κ1) is 17.6. The number of carbonyl (C=O) groups excluding carboxylic acids is 2. The van der Waals surface area contributed by atoms with Gasteiger partial charge in [-0.05, 0) is 64.0 Å². The van der Waals surface area contributed by atoms with Gasteiger partial charge in [-0.15, -0.1) is 0 Å². The summed E-state index contributed by atoms with van der Waals surface area (Å²) >= 11 is 0.